The molecule has 0 spiro atoms. The molecule has 2 N–H and O–H groups in total. The largest absolute Gasteiger partial charge is 0.333 e. The number of hydrogen-bond acceptors (Lipinski definition) is 3. The van der Waals surface area contributed by atoms with Gasteiger partial charge in [0.15, 0.2) is 12.1 Å². The van der Waals surface area contributed by atoms with Crippen molar-refractivity contribution in [2.24, 2.45) is 5.73 Å². The third kappa shape index (κ3) is 681. The first-order valence-electron chi connectivity index (χ1n) is 1.27. The van der Waals surface area contributed by atoms with Gasteiger partial charge < -0.3 is 5.73 Å². The second-order valence-electron chi connectivity index (χ2n) is 0.224. The minimum Gasteiger partial charge on any atom is -0.333 e. The van der Waals surface area contributed by atoms with Crippen molar-refractivity contribution in [1.82, 2.24) is 0 Å². The average Bonchev–Trinajstić information content (AvgIpc) is 1.72. The highest BCUT2D eigenvalue weighted by atomic mass is 32.1. The zero-order chi connectivity index (χ0) is 5.41. The quantitative estimate of drug-likeness (QED) is 0.474. The van der Waals surface area contributed by atoms with Gasteiger partial charge in [-0.3, -0.25) is 0 Å². The molecule has 0 aromatic heterocycles. The Morgan fingerprint density at radius 1 is 1.14 bits per heavy atom. The van der Waals surface area contributed by atoms with Gasteiger partial charge in [0.05, 0.1) is 0 Å². The van der Waals surface area contributed by atoms with Crippen LogP contribution in [0.5, 0.6) is 0 Å². The van der Waals surface area contributed by atoms with Crippen molar-refractivity contribution >= 4 is 13.5 Å². The summed E-state index contributed by atoms with van der Waals surface area (Å²) in [7, 11) is 1.50. The van der Waals surface area contributed by atoms with Crippen molar-refractivity contribution < 1.29 is 0 Å². The van der Waals surface area contributed by atoms with E-state index in [1.165, 1.54) is 19.2 Å². The molecular formula is C3H7N3S. The Kier molecular flexibility index (Phi) is 136. The summed E-state index contributed by atoms with van der Waals surface area (Å²) < 4.78 is 0. The van der Waals surface area contributed by atoms with Crippen LogP contribution in [0.2, 0.25) is 0 Å². The Balaban J connectivity index is -0.0000000480. The van der Waals surface area contributed by atoms with Gasteiger partial charge in [-0.2, -0.15) is 24.0 Å². The summed E-state index contributed by atoms with van der Waals surface area (Å²) >= 11 is 0. The average molecular weight is 117 g/mol. The molecule has 0 atom stereocenters. The summed E-state index contributed by atoms with van der Waals surface area (Å²) in [5, 5.41) is 14.5. The fourth-order valence-corrected chi connectivity index (χ4v) is 0. The van der Waals surface area contributed by atoms with Crippen LogP contribution in [0.1, 0.15) is 0 Å². The molecule has 0 saturated carbocycles. The van der Waals surface area contributed by atoms with Crippen LogP contribution in [0.15, 0.2) is 0 Å². The Morgan fingerprint density at radius 2 is 1.29 bits per heavy atom. The molecule has 0 unspecified atom stereocenters. The topological polar surface area (TPSA) is 73.6 Å². The molecule has 0 heterocycles. The molecule has 7 heavy (non-hydrogen) atoms. The van der Waals surface area contributed by atoms with Crippen LogP contribution in [0.4, 0.5) is 0 Å². The van der Waals surface area contributed by atoms with Gasteiger partial charge in [-0.25, -0.2) is 0 Å². The smallest absolute Gasteiger partial charge is 0.181 e. The van der Waals surface area contributed by atoms with E-state index in [0.717, 1.165) is 0 Å². The lowest BCUT2D eigenvalue weighted by Crippen LogP contribution is -1.69. The molecule has 0 aliphatic rings. The highest BCUT2D eigenvalue weighted by Crippen LogP contribution is 1.27. The van der Waals surface area contributed by atoms with Crippen molar-refractivity contribution in [2.75, 3.05) is 7.05 Å². The summed E-state index contributed by atoms with van der Waals surface area (Å²) in [4.78, 5) is 0. The Morgan fingerprint density at radius 3 is 1.29 bits per heavy atom. The first-order valence-corrected chi connectivity index (χ1v) is 1.27. The fourth-order valence-electron chi connectivity index (χ4n) is 0. The van der Waals surface area contributed by atoms with Crippen molar-refractivity contribution in [2.45, 2.75) is 0 Å². The molecule has 40 valence electrons. The summed E-state index contributed by atoms with van der Waals surface area (Å²) in [5.74, 6) is 0. The van der Waals surface area contributed by atoms with Crippen LogP contribution >= 0.6 is 13.5 Å². The second kappa shape index (κ2) is 58.5. The zero-order valence-corrected chi connectivity index (χ0v) is 4.97. The van der Waals surface area contributed by atoms with Gasteiger partial charge in [0.2, 0.25) is 0 Å². The van der Waals surface area contributed by atoms with Crippen LogP contribution in [-0.4, -0.2) is 7.05 Å². The molecule has 0 saturated heterocycles. The molecule has 0 aromatic carbocycles. The van der Waals surface area contributed by atoms with Gasteiger partial charge in [-0.15, -0.1) is 0 Å². The number of nitrogens with two attached hydrogens (primary N) is 1. The van der Waals surface area contributed by atoms with Gasteiger partial charge in [0.1, 0.15) is 0 Å². The van der Waals surface area contributed by atoms with Crippen LogP contribution in [-0.2, 0) is 0 Å². The predicted molar refractivity (Wildman–Crippen MR) is 31.7 cm³/mol. The molecule has 0 fully saturated rings. The highest BCUT2D eigenvalue weighted by Gasteiger charge is 1.39. The normalized spacial score (nSPS) is 2.29. The third-order valence-electron chi connectivity index (χ3n) is 0.0500. The first kappa shape index (κ1) is 16.3. The molecule has 0 radical (unpaired) electrons. The maximum absolute atomic E-state index is 7.26. The third-order valence-corrected chi connectivity index (χ3v) is 0.0500. The van der Waals surface area contributed by atoms with Gasteiger partial charge >= 0.3 is 0 Å². The molecule has 0 amide bonds. The molecule has 3 nitrogen and oxygen atoms in total. The van der Waals surface area contributed by atoms with Crippen molar-refractivity contribution in [3.05, 3.63) is 0 Å². The van der Waals surface area contributed by atoms with E-state index in [4.69, 9.17) is 10.5 Å². The lowest BCUT2D eigenvalue weighted by atomic mass is 10.9. The van der Waals surface area contributed by atoms with Crippen LogP contribution in [0.3, 0.4) is 0 Å². The van der Waals surface area contributed by atoms with Crippen molar-refractivity contribution in [1.29, 1.82) is 10.5 Å². The number of rotatable bonds is 0. The SMILES string of the molecule is CN.N#CC#N.S. The van der Waals surface area contributed by atoms with E-state index in [9.17, 15) is 0 Å². The summed E-state index contributed by atoms with van der Waals surface area (Å²) in [6, 6.07) is 2.47. The van der Waals surface area contributed by atoms with E-state index in [2.05, 4.69) is 5.73 Å². The first-order chi connectivity index (χ1) is 2.91. The molecule has 0 rings (SSSR count). The minimum atomic E-state index is 0. The molecule has 0 aliphatic heterocycles. The van der Waals surface area contributed by atoms with E-state index in [1.807, 2.05) is 0 Å². The lowest BCUT2D eigenvalue weighted by molar-refractivity contribution is 1.48. The monoisotopic (exact) mass is 117 g/mol. The van der Waals surface area contributed by atoms with Crippen molar-refractivity contribution in [3.8, 4) is 12.1 Å². The Hall–Kier alpha value is -0.710. The summed E-state index contributed by atoms with van der Waals surface area (Å²) in [6.45, 7) is 0. The van der Waals surface area contributed by atoms with E-state index >= 15 is 0 Å². The van der Waals surface area contributed by atoms with E-state index in [1.54, 1.807) is 0 Å². The van der Waals surface area contributed by atoms with Crippen LogP contribution in [0.25, 0.3) is 0 Å². The summed E-state index contributed by atoms with van der Waals surface area (Å²) in [5.41, 5.74) is 4.50. The number of hydrogen-bond donors (Lipinski definition) is 1. The van der Waals surface area contributed by atoms with E-state index < -0.39 is 0 Å². The van der Waals surface area contributed by atoms with Gasteiger partial charge in [0.25, 0.3) is 0 Å². The van der Waals surface area contributed by atoms with Gasteiger partial charge in [0, 0.05) is 0 Å². The second-order valence-corrected chi connectivity index (χ2v) is 0.224. The molecule has 0 aromatic rings. The molecule has 0 bridgehead atoms. The summed E-state index contributed by atoms with van der Waals surface area (Å²) in [6.07, 6.45) is 0. The maximum atomic E-state index is 7.26. The number of nitrogens with zero attached hydrogens (tertiary/aromatic N) is 2. The Bertz CT molecular complexity index is 65.2. The Labute approximate surface area is 49.8 Å². The standard InChI is InChI=1S/C2N2.CH5N.H2S/c3-1-2-4;1-2;/h;2H2,1H3;1H2. The zero-order valence-electron chi connectivity index (χ0n) is 3.97. The predicted octanol–water partition coefficient (Wildman–Crippen LogP) is -0.279. The van der Waals surface area contributed by atoms with E-state index in [-0.39, 0.29) is 13.5 Å². The van der Waals surface area contributed by atoms with Crippen molar-refractivity contribution in [3.63, 3.8) is 0 Å². The minimum absolute atomic E-state index is 0. The van der Waals surface area contributed by atoms with Gasteiger partial charge in [-0.05, 0) is 7.05 Å². The van der Waals surface area contributed by atoms with E-state index in [0.29, 0.717) is 0 Å². The molecule has 4 heteroatoms. The maximum Gasteiger partial charge on any atom is 0.181 e. The fraction of sp³-hybridized carbons (Fsp3) is 0.333. The van der Waals surface area contributed by atoms with Gasteiger partial charge in [-0.1, -0.05) is 0 Å². The molecular weight excluding hydrogens is 110 g/mol. The molecule has 0 aliphatic carbocycles. The highest BCUT2D eigenvalue weighted by molar-refractivity contribution is 7.59. The lowest BCUT2D eigenvalue weighted by Gasteiger charge is -1.19. The number of nitriles is 2. The van der Waals surface area contributed by atoms with Crippen LogP contribution in [0, 0.1) is 22.7 Å². The van der Waals surface area contributed by atoms with Crippen LogP contribution < -0.4 is 5.73 Å².